The molecule has 25 heavy (non-hydrogen) atoms. The number of halogens is 3. The Morgan fingerprint density at radius 3 is 2.64 bits per heavy atom. The van der Waals surface area contributed by atoms with E-state index >= 15 is 0 Å². The van der Waals surface area contributed by atoms with Crippen molar-refractivity contribution in [3.63, 3.8) is 0 Å². The van der Waals surface area contributed by atoms with Crippen LogP contribution in [0.4, 0.5) is 8.78 Å². The van der Waals surface area contributed by atoms with Crippen molar-refractivity contribution in [2.75, 3.05) is 6.61 Å². The van der Waals surface area contributed by atoms with Gasteiger partial charge in [0.05, 0.1) is 11.6 Å². The topological polar surface area (TPSA) is 55.4 Å². The molecule has 2 rings (SSSR count). The smallest absolute Gasteiger partial charge is 0.343 e. The van der Waals surface area contributed by atoms with Crippen molar-refractivity contribution in [1.82, 2.24) is 5.32 Å². The fourth-order valence-electron chi connectivity index (χ4n) is 2.49. The normalized spacial score (nSPS) is 17.2. The maximum absolute atomic E-state index is 13.5. The number of esters is 1. The molecular weight excluding hydrogens is 352 g/mol. The van der Waals surface area contributed by atoms with Crippen LogP contribution in [0.1, 0.15) is 37.0 Å². The highest BCUT2D eigenvalue weighted by Crippen LogP contribution is 2.24. The summed E-state index contributed by atoms with van der Waals surface area (Å²) >= 11 is 5.83. The second-order valence-electron chi connectivity index (χ2n) is 5.71. The standard InChI is InChI=1S/C18H18ClF2NO3/c1-3-25-18(24)13(9-22-11-5-4-10(2)6-11)17(23)12-7-15(20)16(21)8-14(12)19/h4,7-9,11,22H,3,5-6H2,1-2H3/b13-9-. The van der Waals surface area contributed by atoms with Crippen LogP contribution in [0.5, 0.6) is 0 Å². The van der Waals surface area contributed by atoms with Crippen LogP contribution in [0.3, 0.4) is 0 Å². The van der Waals surface area contributed by atoms with Gasteiger partial charge < -0.3 is 10.1 Å². The first-order valence-electron chi connectivity index (χ1n) is 7.81. The summed E-state index contributed by atoms with van der Waals surface area (Å²) in [5.41, 5.74) is 0.584. The summed E-state index contributed by atoms with van der Waals surface area (Å²) in [5.74, 6) is -4.09. The van der Waals surface area contributed by atoms with Crippen LogP contribution in [0.15, 0.2) is 35.6 Å². The summed E-state index contributed by atoms with van der Waals surface area (Å²) in [7, 11) is 0. The van der Waals surface area contributed by atoms with Gasteiger partial charge in [-0.2, -0.15) is 0 Å². The van der Waals surface area contributed by atoms with E-state index in [-0.39, 0.29) is 28.8 Å². The molecule has 0 aromatic heterocycles. The van der Waals surface area contributed by atoms with Crippen molar-refractivity contribution in [3.05, 3.63) is 57.8 Å². The Hall–Kier alpha value is -2.21. The van der Waals surface area contributed by atoms with Gasteiger partial charge in [0, 0.05) is 17.8 Å². The molecule has 0 saturated carbocycles. The van der Waals surface area contributed by atoms with E-state index < -0.39 is 23.4 Å². The van der Waals surface area contributed by atoms with Gasteiger partial charge in [-0.15, -0.1) is 0 Å². The van der Waals surface area contributed by atoms with Crippen LogP contribution in [-0.2, 0) is 9.53 Å². The molecule has 1 aromatic carbocycles. The van der Waals surface area contributed by atoms with Crippen LogP contribution >= 0.6 is 11.6 Å². The van der Waals surface area contributed by atoms with Gasteiger partial charge >= 0.3 is 5.97 Å². The highest BCUT2D eigenvalue weighted by Gasteiger charge is 2.25. The third kappa shape index (κ3) is 4.66. The molecule has 1 N–H and O–H groups in total. The molecule has 1 aliphatic carbocycles. The van der Waals surface area contributed by atoms with E-state index in [9.17, 15) is 18.4 Å². The number of ether oxygens (including phenoxy) is 1. The van der Waals surface area contributed by atoms with Crippen LogP contribution in [-0.4, -0.2) is 24.4 Å². The van der Waals surface area contributed by atoms with Gasteiger partial charge in [-0.05, 0) is 38.8 Å². The van der Waals surface area contributed by atoms with E-state index in [2.05, 4.69) is 11.4 Å². The van der Waals surface area contributed by atoms with Gasteiger partial charge in [-0.1, -0.05) is 23.3 Å². The average Bonchev–Trinajstić information content (AvgIpc) is 2.96. The Kier molecular flexibility index (Phi) is 6.31. The summed E-state index contributed by atoms with van der Waals surface area (Å²) in [6.45, 7) is 3.66. The van der Waals surface area contributed by atoms with Gasteiger partial charge in [0.1, 0.15) is 5.57 Å². The molecule has 0 saturated heterocycles. The zero-order valence-electron chi connectivity index (χ0n) is 13.9. The minimum atomic E-state index is -1.22. The number of rotatable bonds is 6. The van der Waals surface area contributed by atoms with Crippen LogP contribution in [0.2, 0.25) is 5.02 Å². The molecule has 0 heterocycles. The molecule has 1 atom stereocenters. The summed E-state index contributed by atoms with van der Waals surface area (Å²) in [6, 6.07) is 1.43. The minimum absolute atomic E-state index is 0.0534. The van der Waals surface area contributed by atoms with Crippen molar-refractivity contribution >= 4 is 23.4 Å². The van der Waals surface area contributed by atoms with E-state index in [1.807, 2.05) is 6.92 Å². The van der Waals surface area contributed by atoms with Crippen LogP contribution in [0, 0.1) is 11.6 Å². The summed E-state index contributed by atoms with van der Waals surface area (Å²) in [4.78, 5) is 24.7. The maximum Gasteiger partial charge on any atom is 0.343 e. The first kappa shape index (κ1) is 19.1. The largest absolute Gasteiger partial charge is 0.462 e. The van der Waals surface area contributed by atoms with E-state index in [1.165, 1.54) is 11.8 Å². The zero-order valence-corrected chi connectivity index (χ0v) is 14.6. The van der Waals surface area contributed by atoms with Gasteiger partial charge in [-0.3, -0.25) is 4.79 Å². The lowest BCUT2D eigenvalue weighted by Gasteiger charge is -2.13. The number of benzene rings is 1. The van der Waals surface area contributed by atoms with E-state index in [4.69, 9.17) is 16.3 Å². The molecule has 7 heteroatoms. The number of carbonyl (C=O) groups excluding carboxylic acids is 2. The summed E-state index contributed by atoms with van der Waals surface area (Å²) < 4.78 is 31.5. The van der Waals surface area contributed by atoms with Crippen molar-refractivity contribution in [2.24, 2.45) is 0 Å². The number of hydrogen-bond donors (Lipinski definition) is 1. The average molecular weight is 370 g/mol. The Bertz CT molecular complexity index is 759. The first-order valence-corrected chi connectivity index (χ1v) is 8.19. The Labute approximate surface area is 149 Å². The lowest BCUT2D eigenvalue weighted by molar-refractivity contribution is -0.138. The van der Waals surface area contributed by atoms with Gasteiger partial charge in [-0.25, -0.2) is 13.6 Å². The molecule has 1 aromatic rings. The molecule has 0 spiro atoms. The van der Waals surface area contributed by atoms with E-state index in [0.29, 0.717) is 12.1 Å². The van der Waals surface area contributed by atoms with Crippen LogP contribution in [0.25, 0.3) is 0 Å². The number of ketones is 1. The fraction of sp³-hybridized carbons (Fsp3) is 0.333. The number of hydrogen-bond acceptors (Lipinski definition) is 4. The van der Waals surface area contributed by atoms with Gasteiger partial charge in [0.25, 0.3) is 0 Å². The van der Waals surface area contributed by atoms with Crippen LogP contribution < -0.4 is 5.32 Å². The summed E-state index contributed by atoms with van der Waals surface area (Å²) in [5, 5.41) is 2.72. The van der Waals surface area contributed by atoms with E-state index in [0.717, 1.165) is 12.8 Å². The predicted octanol–water partition coefficient (Wildman–Crippen LogP) is 3.95. The molecule has 0 amide bonds. The molecule has 0 radical (unpaired) electrons. The molecule has 4 nitrogen and oxygen atoms in total. The highest BCUT2D eigenvalue weighted by atomic mass is 35.5. The first-order chi connectivity index (χ1) is 11.8. The number of carbonyl (C=O) groups is 2. The van der Waals surface area contributed by atoms with Crippen molar-refractivity contribution < 1.29 is 23.1 Å². The van der Waals surface area contributed by atoms with Crippen molar-refractivity contribution in [1.29, 1.82) is 0 Å². The lowest BCUT2D eigenvalue weighted by atomic mass is 10.0. The predicted molar refractivity (Wildman–Crippen MR) is 90.3 cm³/mol. The van der Waals surface area contributed by atoms with E-state index in [1.54, 1.807) is 6.92 Å². The minimum Gasteiger partial charge on any atom is -0.462 e. The molecule has 0 fully saturated rings. The second kappa shape index (κ2) is 8.25. The highest BCUT2D eigenvalue weighted by molar-refractivity contribution is 6.36. The number of Topliss-reactive ketones (excluding diaryl/α,β-unsaturated/α-hetero) is 1. The number of nitrogens with one attached hydrogen (secondary N) is 1. The molecule has 0 bridgehead atoms. The third-order valence-corrected chi connectivity index (χ3v) is 4.09. The third-order valence-electron chi connectivity index (χ3n) is 3.78. The Morgan fingerprint density at radius 1 is 1.36 bits per heavy atom. The van der Waals surface area contributed by atoms with Gasteiger partial charge in [0.2, 0.25) is 5.78 Å². The zero-order chi connectivity index (χ0) is 18.6. The molecule has 134 valence electrons. The molecule has 1 aliphatic rings. The van der Waals surface area contributed by atoms with Crippen molar-refractivity contribution in [3.8, 4) is 0 Å². The molecule has 1 unspecified atom stereocenters. The second-order valence-corrected chi connectivity index (χ2v) is 6.11. The quantitative estimate of drug-likeness (QED) is 0.157. The monoisotopic (exact) mass is 369 g/mol. The fourth-order valence-corrected chi connectivity index (χ4v) is 2.73. The summed E-state index contributed by atoms with van der Waals surface area (Å²) in [6.07, 6.45) is 4.86. The lowest BCUT2D eigenvalue weighted by Crippen LogP contribution is -2.25. The van der Waals surface area contributed by atoms with Crippen molar-refractivity contribution in [2.45, 2.75) is 32.7 Å². The molecular formula is C18H18ClF2NO3. The Morgan fingerprint density at radius 2 is 2.04 bits per heavy atom. The molecule has 0 aliphatic heterocycles. The maximum atomic E-state index is 13.5. The van der Waals surface area contributed by atoms with Gasteiger partial charge in [0.15, 0.2) is 11.6 Å². The SMILES string of the molecule is CCOC(=O)/C(=C\NC1CC=C(C)C1)C(=O)c1cc(F)c(F)cc1Cl. The Balaban J connectivity index is 2.30.